The zero-order valence-electron chi connectivity index (χ0n) is 19.5. The van der Waals surface area contributed by atoms with Gasteiger partial charge in [0.25, 0.3) is 11.8 Å². The topological polar surface area (TPSA) is 76.9 Å². The minimum Gasteiger partial charge on any atom is -0.490 e. The van der Waals surface area contributed by atoms with E-state index in [-0.39, 0.29) is 24.5 Å². The number of rotatable bonds is 9. The SMILES string of the molecule is CCOc1cc(C(=O)N(Cc2cnn(C)c2)C(C)C)ccc1OCC(=O)N1CCCCC1. The first-order valence-corrected chi connectivity index (χ1v) is 11.3. The van der Waals surface area contributed by atoms with Gasteiger partial charge in [-0.15, -0.1) is 0 Å². The fourth-order valence-corrected chi connectivity index (χ4v) is 3.81. The average Bonchev–Trinajstić information content (AvgIpc) is 3.21. The van der Waals surface area contributed by atoms with Gasteiger partial charge in [0, 0.05) is 50.0 Å². The summed E-state index contributed by atoms with van der Waals surface area (Å²) in [6, 6.07) is 5.15. The van der Waals surface area contributed by atoms with E-state index >= 15 is 0 Å². The number of carbonyl (C=O) groups excluding carboxylic acids is 2. The molecule has 1 aliphatic rings. The predicted molar refractivity (Wildman–Crippen MR) is 122 cm³/mol. The smallest absolute Gasteiger partial charge is 0.260 e. The molecular formula is C24H34N4O4. The first-order valence-electron chi connectivity index (χ1n) is 11.3. The maximum atomic E-state index is 13.3. The number of amides is 2. The van der Waals surface area contributed by atoms with Crippen molar-refractivity contribution in [2.45, 2.75) is 52.6 Å². The van der Waals surface area contributed by atoms with Crippen LogP contribution in [0.15, 0.2) is 30.6 Å². The Bertz CT molecular complexity index is 918. The number of hydrogen-bond donors (Lipinski definition) is 0. The summed E-state index contributed by atoms with van der Waals surface area (Å²) in [5.41, 5.74) is 1.48. The van der Waals surface area contributed by atoms with Gasteiger partial charge in [0.2, 0.25) is 0 Å². The second-order valence-electron chi connectivity index (χ2n) is 8.37. The number of aryl methyl sites for hydroxylation is 1. The van der Waals surface area contributed by atoms with Crippen molar-refractivity contribution in [1.29, 1.82) is 0 Å². The van der Waals surface area contributed by atoms with E-state index in [1.165, 1.54) is 6.42 Å². The van der Waals surface area contributed by atoms with Crippen molar-refractivity contribution in [1.82, 2.24) is 19.6 Å². The number of nitrogens with zero attached hydrogens (tertiary/aromatic N) is 4. The highest BCUT2D eigenvalue weighted by molar-refractivity contribution is 5.95. The number of benzene rings is 1. The van der Waals surface area contributed by atoms with Gasteiger partial charge >= 0.3 is 0 Å². The Morgan fingerprint density at radius 1 is 1.12 bits per heavy atom. The van der Waals surface area contributed by atoms with Crippen LogP contribution in [0.25, 0.3) is 0 Å². The molecule has 1 fully saturated rings. The van der Waals surface area contributed by atoms with Crippen molar-refractivity contribution in [3.05, 3.63) is 41.7 Å². The Balaban J connectivity index is 1.72. The lowest BCUT2D eigenvalue weighted by Gasteiger charge is -2.27. The summed E-state index contributed by atoms with van der Waals surface area (Å²) < 4.78 is 13.3. The third-order valence-corrected chi connectivity index (χ3v) is 5.55. The van der Waals surface area contributed by atoms with Crippen LogP contribution in [0.3, 0.4) is 0 Å². The second-order valence-corrected chi connectivity index (χ2v) is 8.37. The van der Waals surface area contributed by atoms with E-state index in [9.17, 15) is 9.59 Å². The molecule has 8 heteroatoms. The molecule has 2 amide bonds. The van der Waals surface area contributed by atoms with Crippen molar-refractivity contribution in [3.8, 4) is 11.5 Å². The molecule has 174 valence electrons. The molecule has 2 aromatic rings. The molecule has 1 aliphatic heterocycles. The van der Waals surface area contributed by atoms with E-state index in [1.807, 2.05) is 38.9 Å². The van der Waals surface area contributed by atoms with Crippen LogP contribution in [0.5, 0.6) is 11.5 Å². The van der Waals surface area contributed by atoms with Crippen molar-refractivity contribution in [2.75, 3.05) is 26.3 Å². The van der Waals surface area contributed by atoms with Crippen molar-refractivity contribution >= 4 is 11.8 Å². The van der Waals surface area contributed by atoms with Gasteiger partial charge in [0.1, 0.15) is 0 Å². The maximum Gasteiger partial charge on any atom is 0.260 e. The minimum absolute atomic E-state index is 0.0105. The van der Waals surface area contributed by atoms with Crippen LogP contribution in [0, 0.1) is 0 Å². The lowest BCUT2D eigenvalue weighted by atomic mass is 10.1. The summed E-state index contributed by atoms with van der Waals surface area (Å²) in [5.74, 6) is 0.822. The average molecular weight is 443 g/mol. The van der Waals surface area contributed by atoms with Gasteiger partial charge in [0.05, 0.1) is 12.8 Å². The fraction of sp³-hybridized carbons (Fsp3) is 0.542. The fourth-order valence-electron chi connectivity index (χ4n) is 3.81. The Morgan fingerprint density at radius 3 is 2.50 bits per heavy atom. The Kier molecular flexibility index (Phi) is 8.14. The largest absolute Gasteiger partial charge is 0.490 e. The van der Waals surface area contributed by atoms with Crippen LogP contribution < -0.4 is 9.47 Å². The summed E-state index contributed by atoms with van der Waals surface area (Å²) in [6.45, 7) is 8.29. The van der Waals surface area contributed by atoms with Gasteiger partial charge in [-0.25, -0.2) is 0 Å². The van der Waals surface area contributed by atoms with Gasteiger partial charge in [-0.05, 0) is 58.2 Å². The van der Waals surface area contributed by atoms with Crippen LogP contribution in [0.1, 0.15) is 56.0 Å². The summed E-state index contributed by atoms with van der Waals surface area (Å²) in [5, 5.41) is 4.19. The van der Waals surface area contributed by atoms with Gasteiger partial charge in [-0.2, -0.15) is 5.10 Å². The third-order valence-electron chi connectivity index (χ3n) is 5.55. The lowest BCUT2D eigenvalue weighted by molar-refractivity contribution is -0.134. The predicted octanol–water partition coefficient (Wildman–Crippen LogP) is 3.26. The molecule has 1 saturated heterocycles. The van der Waals surface area contributed by atoms with Crippen LogP contribution in [0.2, 0.25) is 0 Å². The van der Waals surface area contributed by atoms with Gasteiger partial charge in [-0.3, -0.25) is 14.3 Å². The van der Waals surface area contributed by atoms with Gasteiger partial charge in [-0.1, -0.05) is 0 Å². The van der Waals surface area contributed by atoms with Gasteiger partial charge in [0.15, 0.2) is 18.1 Å². The molecule has 0 bridgehead atoms. The zero-order chi connectivity index (χ0) is 23.1. The molecule has 8 nitrogen and oxygen atoms in total. The number of hydrogen-bond acceptors (Lipinski definition) is 5. The molecule has 1 aromatic carbocycles. The van der Waals surface area contributed by atoms with Crippen LogP contribution in [-0.2, 0) is 18.4 Å². The van der Waals surface area contributed by atoms with Crippen LogP contribution in [0.4, 0.5) is 0 Å². The van der Waals surface area contributed by atoms with Crippen molar-refractivity contribution in [3.63, 3.8) is 0 Å². The summed E-state index contributed by atoms with van der Waals surface area (Å²) >= 11 is 0. The molecule has 0 spiro atoms. The Hall–Kier alpha value is -3.03. The molecule has 32 heavy (non-hydrogen) atoms. The molecule has 0 atom stereocenters. The van der Waals surface area contributed by atoms with Crippen LogP contribution in [-0.4, -0.2) is 63.7 Å². The second kappa shape index (κ2) is 11.0. The highest BCUT2D eigenvalue weighted by Crippen LogP contribution is 2.30. The number of likely N-dealkylation sites (tertiary alicyclic amines) is 1. The van der Waals surface area contributed by atoms with Crippen molar-refractivity contribution in [2.24, 2.45) is 7.05 Å². The summed E-state index contributed by atoms with van der Waals surface area (Å²) in [4.78, 5) is 29.4. The normalized spacial score (nSPS) is 13.8. The van der Waals surface area contributed by atoms with Crippen molar-refractivity contribution < 1.29 is 19.1 Å². The summed E-state index contributed by atoms with van der Waals surface area (Å²) in [6.07, 6.45) is 6.92. The highest BCUT2D eigenvalue weighted by Gasteiger charge is 2.22. The zero-order valence-corrected chi connectivity index (χ0v) is 19.5. The number of ether oxygens (including phenoxy) is 2. The minimum atomic E-state index is -0.0965. The van der Waals surface area contributed by atoms with E-state index in [0.717, 1.165) is 31.5 Å². The molecule has 0 saturated carbocycles. The standard InChI is InChI=1S/C24H34N4O4/c1-5-31-22-13-20(24(30)28(18(2)3)16-19-14-25-26(4)15-19)9-10-21(22)32-17-23(29)27-11-7-6-8-12-27/h9-10,13-15,18H,5-8,11-12,16-17H2,1-4H3. The van der Waals surface area contributed by atoms with E-state index in [2.05, 4.69) is 5.10 Å². The molecule has 0 aliphatic carbocycles. The number of carbonyl (C=O) groups is 2. The van der Waals surface area contributed by atoms with E-state index in [4.69, 9.17) is 9.47 Å². The quantitative estimate of drug-likeness (QED) is 0.596. The molecule has 0 radical (unpaired) electrons. The number of piperidine rings is 1. The van der Waals surface area contributed by atoms with Gasteiger partial charge < -0.3 is 19.3 Å². The summed E-state index contributed by atoms with van der Waals surface area (Å²) in [7, 11) is 1.86. The first kappa shape index (κ1) is 23.6. The molecule has 3 rings (SSSR count). The molecular weight excluding hydrogens is 408 g/mol. The monoisotopic (exact) mass is 442 g/mol. The van der Waals surface area contributed by atoms with E-state index < -0.39 is 0 Å². The molecule has 1 aromatic heterocycles. The van der Waals surface area contributed by atoms with E-state index in [1.54, 1.807) is 34.0 Å². The molecule has 0 unspecified atom stereocenters. The Labute approximate surface area is 190 Å². The lowest BCUT2D eigenvalue weighted by Crippen LogP contribution is -2.38. The Morgan fingerprint density at radius 2 is 1.88 bits per heavy atom. The van der Waals surface area contributed by atoms with Crippen LogP contribution >= 0.6 is 0 Å². The van der Waals surface area contributed by atoms with E-state index in [0.29, 0.717) is 30.2 Å². The first-order chi connectivity index (χ1) is 15.4. The third kappa shape index (κ3) is 6.02. The maximum absolute atomic E-state index is 13.3. The number of aromatic nitrogens is 2. The molecule has 2 heterocycles. The molecule has 0 N–H and O–H groups in total. The highest BCUT2D eigenvalue weighted by atomic mass is 16.5.